The van der Waals surface area contributed by atoms with E-state index >= 15 is 0 Å². The molecule has 0 aliphatic heterocycles. The zero-order valence-electron chi connectivity index (χ0n) is 9.69. The minimum atomic E-state index is 0.291. The molecule has 0 amide bonds. The third-order valence-corrected chi connectivity index (χ3v) is 2.75. The molecule has 0 aromatic rings. The summed E-state index contributed by atoms with van der Waals surface area (Å²) in [6, 6.07) is 0. The van der Waals surface area contributed by atoms with Crippen molar-refractivity contribution in [2.45, 2.75) is 46.5 Å². The van der Waals surface area contributed by atoms with Gasteiger partial charge in [0.1, 0.15) is 11.4 Å². The highest BCUT2D eigenvalue weighted by atomic mass is 16.4. The minimum Gasteiger partial charge on any atom is -0.411 e. The van der Waals surface area contributed by atoms with Crippen LogP contribution < -0.4 is 0 Å². The Kier molecular flexibility index (Phi) is 3.72. The first-order chi connectivity index (χ1) is 6.96. The van der Waals surface area contributed by atoms with E-state index < -0.39 is 0 Å². The molecule has 0 heterocycles. The second-order valence-corrected chi connectivity index (χ2v) is 5.47. The van der Waals surface area contributed by atoms with Gasteiger partial charge in [-0.1, -0.05) is 31.1 Å². The topological polar surface area (TPSA) is 65.2 Å². The fraction of sp³-hybridized carbons (Fsp3) is 0.818. The summed E-state index contributed by atoms with van der Waals surface area (Å²) in [5.74, 6) is 0.529. The lowest BCUT2D eigenvalue weighted by Gasteiger charge is -2.29. The summed E-state index contributed by atoms with van der Waals surface area (Å²) in [6.07, 6.45) is 3.53. The molecule has 1 rings (SSSR count). The molecule has 1 aliphatic carbocycles. The van der Waals surface area contributed by atoms with Crippen LogP contribution in [0.2, 0.25) is 0 Å². The Morgan fingerprint density at radius 3 is 2.27 bits per heavy atom. The standard InChI is InChI=1S/C11H20N2O2/c1-11(2,3)7-8-4-5-9(12-14)10(6-8)13-15/h8,14-15H,4-7H2,1-3H3/b12-9+,13-10+. The highest BCUT2D eigenvalue weighted by Crippen LogP contribution is 2.32. The van der Waals surface area contributed by atoms with Crippen LogP contribution in [0.5, 0.6) is 0 Å². The molecule has 1 aliphatic rings. The third kappa shape index (κ3) is 3.53. The molecule has 0 spiro atoms. The van der Waals surface area contributed by atoms with Crippen molar-refractivity contribution in [3.63, 3.8) is 0 Å². The van der Waals surface area contributed by atoms with Crippen molar-refractivity contribution in [3.05, 3.63) is 0 Å². The van der Waals surface area contributed by atoms with Crippen molar-refractivity contribution in [2.24, 2.45) is 21.6 Å². The van der Waals surface area contributed by atoms with Gasteiger partial charge in [-0.3, -0.25) is 0 Å². The fourth-order valence-electron chi connectivity index (χ4n) is 2.22. The maximum absolute atomic E-state index is 8.80. The van der Waals surface area contributed by atoms with Crippen molar-refractivity contribution < 1.29 is 10.4 Å². The monoisotopic (exact) mass is 212 g/mol. The van der Waals surface area contributed by atoms with E-state index in [0.717, 1.165) is 12.8 Å². The third-order valence-electron chi connectivity index (χ3n) is 2.75. The number of oxime groups is 2. The molecule has 1 atom stereocenters. The molecule has 1 unspecified atom stereocenters. The summed E-state index contributed by atoms with van der Waals surface area (Å²) < 4.78 is 0. The molecule has 1 saturated carbocycles. The molecule has 2 N–H and O–H groups in total. The molecule has 0 saturated heterocycles. The summed E-state index contributed by atoms with van der Waals surface area (Å²) in [5.41, 5.74) is 1.36. The summed E-state index contributed by atoms with van der Waals surface area (Å²) in [4.78, 5) is 0. The highest BCUT2D eigenvalue weighted by Gasteiger charge is 2.27. The molecule has 0 aromatic heterocycles. The lowest BCUT2D eigenvalue weighted by molar-refractivity contribution is 0.275. The van der Waals surface area contributed by atoms with Gasteiger partial charge in [-0.2, -0.15) is 0 Å². The van der Waals surface area contributed by atoms with E-state index in [9.17, 15) is 0 Å². The van der Waals surface area contributed by atoms with Crippen LogP contribution in [0.4, 0.5) is 0 Å². The van der Waals surface area contributed by atoms with Gasteiger partial charge in [0.05, 0.1) is 0 Å². The maximum atomic E-state index is 8.80. The van der Waals surface area contributed by atoms with Crippen molar-refractivity contribution in [1.29, 1.82) is 0 Å². The van der Waals surface area contributed by atoms with Crippen molar-refractivity contribution in [1.82, 2.24) is 0 Å². The van der Waals surface area contributed by atoms with Crippen LogP contribution in [-0.4, -0.2) is 21.8 Å². The second kappa shape index (κ2) is 4.64. The fourth-order valence-corrected chi connectivity index (χ4v) is 2.22. The predicted molar refractivity (Wildman–Crippen MR) is 59.9 cm³/mol. The van der Waals surface area contributed by atoms with Crippen LogP contribution in [0, 0.1) is 11.3 Å². The number of nitrogens with zero attached hydrogens (tertiary/aromatic N) is 2. The molecule has 0 radical (unpaired) electrons. The normalized spacial score (nSPS) is 28.6. The van der Waals surface area contributed by atoms with Crippen LogP contribution in [0.3, 0.4) is 0 Å². The second-order valence-electron chi connectivity index (χ2n) is 5.47. The van der Waals surface area contributed by atoms with E-state index in [4.69, 9.17) is 10.4 Å². The van der Waals surface area contributed by atoms with E-state index in [1.54, 1.807) is 0 Å². The number of hydrogen-bond donors (Lipinski definition) is 2. The Hall–Kier alpha value is -1.06. The first kappa shape index (κ1) is 12.0. The van der Waals surface area contributed by atoms with Gasteiger partial charge in [-0.05, 0) is 37.0 Å². The van der Waals surface area contributed by atoms with Gasteiger partial charge >= 0.3 is 0 Å². The zero-order valence-corrected chi connectivity index (χ0v) is 9.69. The van der Waals surface area contributed by atoms with E-state index in [1.165, 1.54) is 0 Å². The Bertz CT molecular complexity index is 277. The van der Waals surface area contributed by atoms with Gasteiger partial charge in [0.2, 0.25) is 0 Å². The first-order valence-electron chi connectivity index (χ1n) is 5.38. The molecular formula is C11H20N2O2. The minimum absolute atomic E-state index is 0.291. The summed E-state index contributed by atoms with van der Waals surface area (Å²) in [5, 5.41) is 23.9. The Morgan fingerprint density at radius 1 is 1.20 bits per heavy atom. The first-order valence-corrected chi connectivity index (χ1v) is 5.38. The van der Waals surface area contributed by atoms with Crippen LogP contribution in [0.25, 0.3) is 0 Å². The quantitative estimate of drug-likeness (QED) is 0.518. The van der Waals surface area contributed by atoms with Gasteiger partial charge < -0.3 is 10.4 Å². The average molecular weight is 212 g/mol. The van der Waals surface area contributed by atoms with E-state index in [1.807, 2.05) is 0 Å². The van der Waals surface area contributed by atoms with Crippen LogP contribution >= 0.6 is 0 Å². The van der Waals surface area contributed by atoms with Gasteiger partial charge in [0, 0.05) is 0 Å². The van der Waals surface area contributed by atoms with Gasteiger partial charge in [0.15, 0.2) is 0 Å². The van der Waals surface area contributed by atoms with Crippen LogP contribution in [0.1, 0.15) is 46.5 Å². The Balaban J connectivity index is 2.62. The maximum Gasteiger partial charge on any atom is 0.105 e. The lowest BCUT2D eigenvalue weighted by Crippen LogP contribution is -2.27. The molecule has 0 aromatic carbocycles. The summed E-state index contributed by atoms with van der Waals surface area (Å²) >= 11 is 0. The van der Waals surface area contributed by atoms with E-state index in [2.05, 4.69) is 31.1 Å². The molecule has 4 heteroatoms. The predicted octanol–water partition coefficient (Wildman–Crippen LogP) is 2.88. The Labute approximate surface area is 90.7 Å². The molecule has 4 nitrogen and oxygen atoms in total. The number of rotatable bonds is 1. The molecule has 0 bridgehead atoms. The highest BCUT2D eigenvalue weighted by molar-refractivity contribution is 6.42. The van der Waals surface area contributed by atoms with Gasteiger partial charge in [-0.25, -0.2) is 0 Å². The van der Waals surface area contributed by atoms with E-state index in [-0.39, 0.29) is 0 Å². The molecule has 15 heavy (non-hydrogen) atoms. The number of hydrogen-bond acceptors (Lipinski definition) is 4. The molecule has 1 fully saturated rings. The van der Waals surface area contributed by atoms with E-state index in [0.29, 0.717) is 35.6 Å². The summed E-state index contributed by atoms with van der Waals surface area (Å²) in [6.45, 7) is 6.62. The average Bonchev–Trinajstić information content (AvgIpc) is 2.15. The smallest absolute Gasteiger partial charge is 0.105 e. The van der Waals surface area contributed by atoms with Crippen LogP contribution in [-0.2, 0) is 0 Å². The SMILES string of the molecule is CC(C)(C)CC1CCC(=N\O)/C(=N/O)C1. The van der Waals surface area contributed by atoms with Gasteiger partial charge in [-0.15, -0.1) is 0 Å². The molecular weight excluding hydrogens is 192 g/mol. The van der Waals surface area contributed by atoms with Crippen molar-refractivity contribution in [3.8, 4) is 0 Å². The lowest BCUT2D eigenvalue weighted by atomic mass is 9.76. The summed E-state index contributed by atoms with van der Waals surface area (Å²) in [7, 11) is 0. The zero-order chi connectivity index (χ0) is 11.5. The van der Waals surface area contributed by atoms with Gasteiger partial charge in [0.25, 0.3) is 0 Å². The van der Waals surface area contributed by atoms with Crippen molar-refractivity contribution >= 4 is 11.4 Å². The largest absolute Gasteiger partial charge is 0.411 e. The van der Waals surface area contributed by atoms with Crippen molar-refractivity contribution in [2.75, 3.05) is 0 Å². The van der Waals surface area contributed by atoms with Crippen LogP contribution in [0.15, 0.2) is 10.3 Å². The Morgan fingerprint density at radius 2 is 1.80 bits per heavy atom. The molecule has 86 valence electrons.